The zero-order valence-corrected chi connectivity index (χ0v) is 13.3. The number of aryl methyl sites for hydroxylation is 2. The van der Waals surface area contributed by atoms with E-state index in [1.807, 2.05) is 6.92 Å². The molecule has 2 rings (SSSR count). The van der Waals surface area contributed by atoms with Gasteiger partial charge in [0.25, 0.3) is 0 Å². The first-order valence-electron chi connectivity index (χ1n) is 6.68. The number of nitrogens with one attached hydrogen (secondary N) is 1. The minimum absolute atomic E-state index is 0.914. The largest absolute Gasteiger partial charge is 0.355 e. The van der Waals surface area contributed by atoms with Crippen molar-refractivity contribution in [3.05, 3.63) is 40.1 Å². The maximum Gasteiger partial charge on any atom is 0.207 e. The van der Waals surface area contributed by atoms with Crippen molar-refractivity contribution in [3.8, 4) is 5.69 Å². The van der Waals surface area contributed by atoms with Crippen LogP contribution in [0.5, 0.6) is 0 Å². The third kappa shape index (κ3) is 3.18. The summed E-state index contributed by atoms with van der Waals surface area (Å²) in [6.45, 7) is 7.26. The summed E-state index contributed by atoms with van der Waals surface area (Å²) in [6, 6.07) is 6.27. The van der Waals surface area contributed by atoms with Crippen LogP contribution in [0.15, 0.2) is 28.9 Å². The van der Waals surface area contributed by atoms with Crippen LogP contribution < -0.4 is 5.32 Å². The van der Waals surface area contributed by atoms with Crippen LogP contribution in [0.25, 0.3) is 5.69 Å². The lowest BCUT2D eigenvalue weighted by atomic mass is 10.2. The summed E-state index contributed by atoms with van der Waals surface area (Å²) in [7, 11) is 0. The molecule has 0 atom stereocenters. The summed E-state index contributed by atoms with van der Waals surface area (Å²) >= 11 is 3.67. The second-order valence-electron chi connectivity index (χ2n) is 4.76. The molecule has 4 heteroatoms. The molecule has 3 nitrogen and oxygen atoms in total. The highest BCUT2D eigenvalue weighted by Crippen LogP contribution is 2.27. The Morgan fingerprint density at radius 2 is 2.11 bits per heavy atom. The highest BCUT2D eigenvalue weighted by Gasteiger charge is 2.10. The van der Waals surface area contributed by atoms with E-state index in [1.54, 1.807) is 0 Å². The minimum Gasteiger partial charge on any atom is -0.355 e. The van der Waals surface area contributed by atoms with Crippen LogP contribution in [0.2, 0.25) is 0 Å². The van der Waals surface area contributed by atoms with Crippen LogP contribution in [0, 0.1) is 13.8 Å². The van der Waals surface area contributed by atoms with Crippen LogP contribution in [-0.2, 0) is 0 Å². The summed E-state index contributed by atoms with van der Waals surface area (Å²) in [5, 5.41) is 3.41. The van der Waals surface area contributed by atoms with Crippen molar-refractivity contribution < 1.29 is 0 Å². The van der Waals surface area contributed by atoms with Crippen molar-refractivity contribution in [2.24, 2.45) is 0 Å². The number of hydrogen-bond donors (Lipinski definition) is 1. The normalized spacial score (nSPS) is 10.7. The van der Waals surface area contributed by atoms with Gasteiger partial charge in [0.1, 0.15) is 0 Å². The zero-order chi connectivity index (χ0) is 13.8. The van der Waals surface area contributed by atoms with Crippen molar-refractivity contribution in [2.45, 2.75) is 33.6 Å². The van der Waals surface area contributed by atoms with Crippen molar-refractivity contribution >= 4 is 21.9 Å². The van der Waals surface area contributed by atoms with Gasteiger partial charge < -0.3 is 5.32 Å². The molecule has 0 unspecified atom stereocenters. The molecule has 1 heterocycles. The molecule has 0 aliphatic heterocycles. The molecule has 1 aromatic carbocycles. The van der Waals surface area contributed by atoms with Crippen molar-refractivity contribution in [3.63, 3.8) is 0 Å². The topological polar surface area (TPSA) is 29.9 Å². The third-order valence-corrected chi connectivity index (χ3v) is 4.10. The molecule has 19 heavy (non-hydrogen) atoms. The number of nitrogens with zero attached hydrogens (tertiary/aromatic N) is 2. The molecule has 0 saturated carbocycles. The summed E-state index contributed by atoms with van der Waals surface area (Å²) < 4.78 is 3.23. The van der Waals surface area contributed by atoms with Gasteiger partial charge in [0.2, 0.25) is 5.95 Å². The van der Waals surface area contributed by atoms with Crippen LogP contribution in [0.1, 0.15) is 31.0 Å². The Morgan fingerprint density at radius 1 is 1.32 bits per heavy atom. The summed E-state index contributed by atoms with van der Waals surface area (Å²) in [5.74, 6) is 0.914. The van der Waals surface area contributed by atoms with E-state index in [0.29, 0.717) is 0 Å². The van der Waals surface area contributed by atoms with Crippen molar-refractivity contribution in [2.75, 3.05) is 11.9 Å². The second-order valence-corrected chi connectivity index (χ2v) is 5.56. The molecular formula is C15H20BrN3. The number of benzene rings is 1. The number of aromatic nitrogens is 2. The fourth-order valence-corrected chi connectivity index (χ4v) is 2.46. The molecular weight excluding hydrogens is 302 g/mol. The standard InChI is InChI=1S/C15H20BrN3/c1-4-5-9-17-15-18-12(3)10-19(15)13-8-6-7-11(2)14(13)16/h6-8,10H,4-5,9H2,1-3H3,(H,17,18). The maximum atomic E-state index is 4.56. The lowest BCUT2D eigenvalue weighted by Crippen LogP contribution is -2.07. The fraction of sp³-hybridized carbons (Fsp3) is 0.400. The van der Waals surface area contributed by atoms with Gasteiger partial charge in [-0.15, -0.1) is 0 Å². The Hall–Kier alpha value is -1.29. The molecule has 1 aromatic heterocycles. The first kappa shape index (κ1) is 14.1. The monoisotopic (exact) mass is 321 g/mol. The van der Waals surface area contributed by atoms with Crippen molar-refractivity contribution in [1.29, 1.82) is 0 Å². The van der Waals surface area contributed by atoms with Crippen LogP contribution in [-0.4, -0.2) is 16.1 Å². The smallest absolute Gasteiger partial charge is 0.207 e. The predicted molar refractivity (Wildman–Crippen MR) is 84.1 cm³/mol. The Labute approximate surface area is 123 Å². The van der Waals surface area contributed by atoms with Gasteiger partial charge in [0, 0.05) is 17.2 Å². The molecule has 102 valence electrons. The molecule has 0 radical (unpaired) electrons. The van der Waals surface area contributed by atoms with E-state index in [-0.39, 0.29) is 0 Å². The minimum atomic E-state index is 0.914. The highest BCUT2D eigenvalue weighted by atomic mass is 79.9. The molecule has 1 N–H and O–H groups in total. The first-order valence-corrected chi connectivity index (χ1v) is 7.48. The van der Waals surface area contributed by atoms with Crippen molar-refractivity contribution in [1.82, 2.24) is 9.55 Å². The molecule has 0 spiro atoms. The number of hydrogen-bond acceptors (Lipinski definition) is 2. The first-order chi connectivity index (χ1) is 9.13. The Kier molecular flexibility index (Phi) is 4.64. The van der Waals surface area contributed by atoms with Gasteiger partial charge in [0.05, 0.1) is 11.4 Å². The van der Waals surface area contributed by atoms with Gasteiger partial charge in [0.15, 0.2) is 0 Å². The van der Waals surface area contributed by atoms with Gasteiger partial charge >= 0.3 is 0 Å². The number of halogens is 1. The van der Waals surface area contributed by atoms with Gasteiger partial charge in [-0.25, -0.2) is 4.98 Å². The van der Waals surface area contributed by atoms with Gasteiger partial charge in [-0.2, -0.15) is 0 Å². The average molecular weight is 322 g/mol. The Balaban J connectivity index is 2.35. The SMILES string of the molecule is CCCCNc1nc(C)cn1-c1cccc(C)c1Br. The second kappa shape index (κ2) is 6.24. The van der Waals surface area contributed by atoms with Crippen LogP contribution in [0.4, 0.5) is 5.95 Å². The summed E-state index contributed by atoms with van der Waals surface area (Å²) in [6.07, 6.45) is 4.40. The van der Waals surface area contributed by atoms with E-state index >= 15 is 0 Å². The van der Waals surface area contributed by atoms with E-state index in [4.69, 9.17) is 0 Å². The lowest BCUT2D eigenvalue weighted by molar-refractivity contribution is 0.822. The number of imidazole rings is 1. The maximum absolute atomic E-state index is 4.56. The van der Waals surface area contributed by atoms with Crippen LogP contribution >= 0.6 is 15.9 Å². The average Bonchev–Trinajstić information content (AvgIpc) is 2.74. The number of unbranched alkanes of at least 4 members (excludes halogenated alkanes) is 1. The summed E-state index contributed by atoms with van der Waals surface area (Å²) in [4.78, 5) is 4.56. The molecule has 0 bridgehead atoms. The molecule has 0 aliphatic carbocycles. The fourth-order valence-electron chi connectivity index (χ4n) is 2.00. The van der Waals surface area contributed by atoms with E-state index < -0.39 is 0 Å². The van der Waals surface area contributed by atoms with Gasteiger partial charge in [-0.1, -0.05) is 25.5 Å². The lowest BCUT2D eigenvalue weighted by Gasteiger charge is -2.12. The molecule has 0 aliphatic rings. The molecule has 2 aromatic rings. The van der Waals surface area contributed by atoms with Gasteiger partial charge in [-0.3, -0.25) is 4.57 Å². The van der Waals surface area contributed by atoms with Gasteiger partial charge in [-0.05, 0) is 47.8 Å². The predicted octanol–water partition coefficient (Wildman–Crippen LogP) is 4.46. The molecule has 0 fully saturated rings. The quantitative estimate of drug-likeness (QED) is 0.824. The number of rotatable bonds is 5. The Morgan fingerprint density at radius 3 is 2.84 bits per heavy atom. The van der Waals surface area contributed by atoms with E-state index in [1.165, 1.54) is 12.0 Å². The van der Waals surface area contributed by atoms with E-state index in [0.717, 1.165) is 34.8 Å². The third-order valence-electron chi connectivity index (χ3n) is 3.07. The van der Waals surface area contributed by atoms with E-state index in [9.17, 15) is 0 Å². The highest BCUT2D eigenvalue weighted by molar-refractivity contribution is 9.10. The summed E-state index contributed by atoms with van der Waals surface area (Å²) in [5.41, 5.74) is 3.37. The zero-order valence-electron chi connectivity index (χ0n) is 11.7. The molecule has 0 amide bonds. The number of anilines is 1. The Bertz CT molecular complexity index is 561. The molecule has 0 saturated heterocycles. The van der Waals surface area contributed by atoms with E-state index in [2.05, 4.69) is 69.0 Å². The van der Waals surface area contributed by atoms with Crippen LogP contribution in [0.3, 0.4) is 0 Å².